The molecule has 5 fully saturated rings. The van der Waals surface area contributed by atoms with Gasteiger partial charge in [0.05, 0.1) is 12.2 Å². The minimum absolute atomic E-state index is 0.332. The minimum atomic E-state index is 0.332. The molecule has 22 heavy (non-hydrogen) atoms. The van der Waals surface area contributed by atoms with Crippen molar-refractivity contribution < 1.29 is 4.74 Å². The van der Waals surface area contributed by atoms with Gasteiger partial charge in [0.25, 0.3) is 0 Å². The molecule has 1 heteroatoms. The van der Waals surface area contributed by atoms with Gasteiger partial charge in [0.2, 0.25) is 0 Å². The average Bonchev–Trinajstić information content (AvgIpc) is 3.21. The lowest BCUT2D eigenvalue weighted by atomic mass is 9.49. The number of ether oxygens (including phenoxy) is 1. The lowest BCUT2D eigenvalue weighted by Crippen LogP contribution is -2.50. The van der Waals surface area contributed by atoms with E-state index in [1.807, 2.05) is 0 Å². The molecule has 0 amide bonds. The van der Waals surface area contributed by atoms with E-state index in [9.17, 15) is 0 Å². The van der Waals surface area contributed by atoms with Gasteiger partial charge in [-0.2, -0.15) is 0 Å². The molecule has 0 N–H and O–H groups in total. The van der Waals surface area contributed by atoms with Gasteiger partial charge in [-0.3, -0.25) is 0 Å². The maximum absolute atomic E-state index is 5.92. The van der Waals surface area contributed by atoms with Crippen molar-refractivity contribution in [3.63, 3.8) is 0 Å². The maximum atomic E-state index is 5.92. The highest BCUT2D eigenvalue weighted by Gasteiger charge is 2.60. The van der Waals surface area contributed by atoms with Gasteiger partial charge in [-0.15, -0.1) is 0 Å². The number of rotatable bonds is 0. The van der Waals surface area contributed by atoms with E-state index >= 15 is 0 Å². The molecule has 122 valence electrons. The van der Waals surface area contributed by atoms with E-state index in [2.05, 4.69) is 20.4 Å². The van der Waals surface area contributed by atoms with Crippen molar-refractivity contribution in [2.24, 2.45) is 40.9 Å². The van der Waals surface area contributed by atoms with Crippen LogP contribution in [-0.2, 0) is 4.74 Å². The summed E-state index contributed by atoms with van der Waals surface area (Å²) in [5.74, 6) is 5.81. The highest BCUT2D eigenvalue weighted by molar-refractivity contribution is 5.21. The summed E-state index contributed by atoms with van der Waals surface area (Å²) >= 11 is 0. The van der Waals surface area contributed by atoms with Gasteiger partial charge >= 0.3 is 0 Å². The Balaban J connectivity index is 1.41. The second-order valence-electron chi connectivity index (χ2n) is 9.73. The number of allylic oxidation sites excluding steroid dienone is 1. The molecule has 8 atom stereocenters. The SMILES string of the molecule is C=C1CC[C@H]2[C@@H]3CC[C@H]4C[C@@]5(CO5)[C@@H](C)C[C@@H]4[C@H]3CC[C@]12C. The fourth-order valence-corrected chi connectivity index (χ4v) is 7.52. The quantitative estimate of drug-likeness (QED) is 0.442. The standard InChI is InChI=1S/C21H32O/c1-13-4-7-19-17-6-5-15-11-21(12-22-21)14(2)10-18(15)16(17)8-9-20(13,19)3/h14-19H,1,4-12H2,2-3H3/t14-,15-,16-,17+,18-,19-,20+,21+/m0/s1. The Morgan fingerprint density at radius 1 is 1.09 bits per heavy atom. The van der Waals surface area contributed by atoms with Crippen molar-refractivity contribution in [3.8, 4) is 0 Å². The van der Waals surface area contributed by atoms with Crippen molar-refractivity contribution in [1.82, 2.24) is 0 Å². The van der Waals surface area contributed by atoms with Crippen LogP contribution < -0.4 is 0 Å². The van der Waals surface area contributed by atoms with Crippen molar-refractivity contribution in [3.05, 3.63) is 12.2 Å². The zero-order chi connectivity index (χ0) is 15.1. The first kappa shape index (κ1) is 14.1. The Kier molecular flexibility index (Phi) is 2.82. The van der Waals surface area contributed by atoms with E-state index < -0.39 is 0 Å². The molecule has 0 unspecified atom stereocenters. The molecular weight excluding hydrogens is 268 g/mol. The minimum Gasteiger partial charge on any atom is -0.369 e. The van der Waals surface area contributed by atoms with E-state index in [0.29, 0.717) is 11.0 Å². The molecule has 5 rings (SSSR count). The number of fused-ring (bicyclic) bond motifs is 5. The lowest BCUT2D eigenvalue weighted by Gasteiger charge is -2.56. The molecule has 1 nitrogen and oxygen atoms in total. The van der Waals surface area contributed by atoms with Crippen LogP contribution in [0.15, 0.2) is 12.2 Å². The highest BCUT2D eigenvalue weighted by atomic mass is 16.6. The smallest absolute Gasteiger partial charge is 0.0944 e. The van der Waals surface area contributed by atoms with Crippen LogP contribution in [0.3, 0.4) is 0 Å². The second kappa shape index (κ2) is 4.41. The molecule has 5 aliphatic rings. The first-order valence-electron chi connectivity index (χ1n) is 9.86. The highest BCUT2D eigenvalue weighted by Crippen LogP contribution is 2.65. The first-order chi connectivity index (χ1) is 10.5. The number of hydrogen-bond donors (Lipinski definition) is 0. The van der Waals surface area contributed by atoms with Crippen LogP contribution >= 0.6 is 0 Å². The van der Waals surface area contributed by atoms with Crippen molar-refractivity contribution in [1.29, 1.82) is 0 Å². The number of hydrogen-bond acceptors (Lipinski definition) is 1. The monoisotopic (exact) mass is 300 g/mol. The average molecular weight is 300 g/mol. The number of epoxide rings is 1. The summed E-state index contributed by atoms with van der Waals surface area (Å²) in [6.07, 6.45) is 11.5. The molecule has 4 aliphatic carbocycles. The zero-order valence-corrected chi connectivity index (χ0v) is 14.4. The van der Waals surface area contributed by atoms with Gasteiger partial charge in [-0.25, -0.2) is 0 Å². The summed E-state index contributed by atoms with van der Waals surface area (Å²) in [6, 6.07) is 0. The van der Waals surface area contributed by atoms with E-state index in [-0.39, 0.29) is 0 Å². The summed E-state index contributed by atoms with van der Waals surface area (Å²) in [4.78, 5) is 0. The van der Waals surface area contributed by atoms with Crippen LogP contribution in [0.1, 0.15) is 65.2 Å². The van der Waals surface area contributed by atoms with Gasteiger partial charge in [0.15, 0.2) is 0 Å². The molecular formula is C21H32O. The van der Waals surface area contributed by atoms with E-state index in [0.717, 1.165) is 42.1 Å². The van der Waals surface area contributed by atoms with Crippen LogP contribution in [0.5, 0.6) is 0 Å². The van der Waals surface area contributed by atoms with Gasteiger partial charge < -0.3 is 4.74 Å². The van der Waals surface area contributed by atoms with E-state index in [1.54, 1.807) is 5.57 Å². The third-order valence-electron chi connectivity index (χ3n) is 9.12. The summed E-state index contributed by atoms with van der Waals surface area (Å²) in [7, 11) is 0. The molecule has 1 saturated heterocycles. The molecule has 0 bridgehead atoms. The van der Waals surface area contributed by atoms with Crippen molar-refractivity contribution in [2.75, 3.05) is 6.61 Å². The maximum Gasteiger partial charge on any atom is 0.0944 e. The van der Waals surface area contributed by atoms with Crippen molar-refractivity contribution >= 4 is 0 Å². The fourth-order valence-electron chi connectivity index (χ4n) is 7.52. The molecule has 0 aromatic heterocycles. The third kappa shape index (κ3) is 1.70. The molecule has 4 saturated carbocycles. The normalized spacial score (nSPS) is 59.8. The van der Waals surface area contributed by atoms with Crippen molar-refractivity contribution in [2.45, 2.75) is 70.8 Å². The van der Waals surface area contributed by atoms with Gasteiger partial charge in [-0.1, -0.05) is 26.0 Å². The van der Waals surface area contributed by atoms with Gasteiger partial charge in [-0.05, 0) is 92.3 Å². The molecule has 1 spiro atoms. The van der Waals surface area contributed by atoms with E-state index in [4.69, 9.17) is 4.74 Å². The van der Waals surface area contributed by atoms with Crippen LogP contribution in [0.25, 0.3) is 0 Å². The zero-order valence-electron chi connectivity index (χ0n) is 14.4. The topological polar surface area (TPSA) is 12.5 Å². The summed E-state index contributed by atoms with van der Waals surface area (Å²) < 4.78 is 5.92. The molecule has 0 aromatic carbocycles. The van der Waals surface area contributed by atoms with Gasteiger partial charge in [0.1, 0.15) is 0 Å². The Bertz CT molecular complexity index is 504. The lowest BCUT2D eigenvalue weighted by molar-refractivity contribution is -0.0646. The Morgan fingerprint density at radius 2 is 1.91 bits per heavy atom. The fraction of sp³-hybridized carbons (Fsp3) is 0.905. The Hall–Kier alpha value is -0.300. The Labute approximate surface area is 135 Å². The molecule has 1 aliphatic heterocycles. The summed E-state index contributed by atoms with van der Waals surface area (Å²) in [6.45, 7) is 10.5. The predicted molar refractivity (Wildman–Crippen MR) is 89.5 cm³/mol. The Morgan fingerprint density at radius 3 is 2.68 bits per heavy atom. The van der Waals surface area contributed by atoms with E-state index in [1.165, 1.54) is 51.4 Å². The van der Waals surface area contributed by atoms with Gasteiger partial charge in [0, 0.05) is 0 Å². The molecule has 1 heterocycles. The molecule has 0 radical (unpaired) electrons. The van der Waals surface area contributed by atoms with Crippen LogP contribution in [0.2, 0.25) is 0 Å². The van der Waals surface area contributed by atoms with Crippen LogP contribution in [0, 0.1) is 40.9 Å². The first-order valence-corrected chi connectivity index (χ1v) is 9.86. The third-order valence-corrected chi connectivity index (χ3v) is 9.12. The summed E-state index contributed by atoms with van der Waals surface area (Å²) in [5.41, 5.74) is 2.41. The van der Waals surface area contributed by atoms with Crippen LogP contribution in [0.4, 0.5) is 0 Å². The largest absolute Gasteiger partial charge is 0.369 e. The van der Waals surface area contributed by atoms with Crippen LogP contribution in [-0.4, -0.2) is 12.2 Å². The second-order valence-corrected chi connectivity index (χ2v) is 9.73. The molecule has 0 aromatic rings. The summed E-state index contributed by atoms with van der Waals surface area (Å²) in [5, 5.41) is 0. The predicted octanol–water partition coefficient (Wildman–Crippen LogP) is 5.21.